The summed E-state index contributed by atoms with van der Waals surface area (Å²) in [6, 6.07) is 17.9. The van der Waals surface area contributed by atoms with Gasteiger partial charge in [-0.2, -0.15) is 0 Å². The Morgan fingerprint density at radius 2 is 1.81 bits per heavy atom. The number of amides is 1. The van der Waals surface area contributed by atoms with Crippen molar-refractivity contribution >= 4 is 23.1 Å². The molecule has 5 nitrogen and oxygen atoms in total. The normalized spacial score (nSPS) is 13.2. The van der Waals surface area contributed by atoms with Crippen LogP contribution in [-0.2, 0) is 6.42 Å². The molecule has 0 atom stereocenters. The van der Waals surface area contributed by atoms with E-state index in [1.165, 1.54) is 11.1 Å². The van der Waals surface area contributed by atoms with Gasteiger partial charge >= 0.3 is 0 Å². The second-order valence-electron chi connectivity index (χ2n) is 6.87. The zero-order chi connectivity index (χ0) is 18.8. The maximum absolute atomic E-state index is 13.2. The standard InChI is InChI=1S/C22H22N4O/c1-15-9-11-18(12-10-15)25-21-14-19(23-16(2)24-21)22(27)26-13-5-7-17-6-3-4-8-20(17)26/h3-4,6,8-12,14H,5,7,13H2,1-2H3,(H,23,24,25). The van der Waals surface area contributed by atoms with Gasteiger partial charge in [-0.15, -0.1) is 0 Å². The number of nitrogens with one attached hydrogen (secondary N) is 1. The van der Waals surface area contributed by atoms with Crippen LogP contribution in [0.15, 0.2) is 54.6 Å². The summed E-state index contributed by atoms with van der Waals surface area (Å²) in [7, 11) is 0. The number of anilines is 3. The molecule has 0 unspecified atom stereocenters. The van der Waals surface area contributed by atoms with E-state index in [1.54, 1.807) is 13.0 Å². The highest BCUT2D eigenvalue weighted by Crippen LogP contribution is 2.28. The minimum Gasteiger partial charge on any atom is -0.340 e. The van der Waals surface area contributed by atoms with E-state index in [-0.39, 0.29) is 5.91 Å². The summed E-state index contributed by atoms with van der Waals surface area (Å²) in [5, 5.41) is 3.27. The number of aromatic nitrogens is 2. The minimum atomic E-state index is -0.0837. The van der Waals surface area contributed by atoms with Crippen molar-refractivity contribution in [3.63, 3.8) is 0 Å². The molecule has 1 N–H and O–H groups in total. The number of nitrogens with zero attached hydrogens (tertiary/aromatic N) is 3. The van der Waals surface area contributed by atoms with Crippen LogP contribution in [0.1, 0.15) is 33.9 Å². The number of aryl methyl sites for hydroxylation is 3. The highest BCUT2D eigenvalue weighted by molar-refractivity contribution is 6.05. The van der Waals surface area contributed by atoms with Gasteiger partial charge in [0.25, 0.3) is 5.91 Å². The first-order valence-corrected chi connectivity index (χ1v) is 9.19. The number of hydrogen-bond donors (Lipinski definition) is 1. The predicted octanol–water partition coefficient (Wildman–Crippen LogP) is 4.43. The fourth-order valence-corrected chi connectivity index (χ4v) is 3.41. The Kier molecular flexibility index (Phi) is 4.59. The monoisotopic (exact) mass is 358 g/mol. The van der Waals surface area contributed by atoms with Crippen molar-refractivity contribution in [1.82, 2.24) is 9.97 Å². The maximum Gasteiger partial charge on any atom is 0.277 e. The molecule has 3 aromatic rings. The lowest BCUT2D eigenvalue weighted by Crippen LogP contribution is -2.36. The number of rotatable bonds is 3. The van der Waals surface area contributed by atoms with E-state index in [4.69, 9.17) is 0 Å². The van der Waals surface area contributed by atoms with Gasteiger partial charge < -0.3 is 10.2 Å². The molecule has 1 aliphatic rings. The molecule has 0 saturated heterocycles. The average molecular weight is 358 g/mol. The molecule has 0 aliphatic carbocycles. The highest BCUT2D eigenvalue weighted by Gasteiger charge is 2.24. The van der Waals surface area contributed by atoms with Crippen LogP contribution >= 0.6 is 0 Å². The molecule has 1 amide bonds. The molecular formula is C22H22N4O. The molecule has 0 fully saturated rings. The van der Waals surface area contributed by atoms with Crippen molar-refractivity contribution in [3.05, 3.63) is 77.2 Å². The first-order chi connectivity index (χ1) is 13.1. The van der Waals surface area contributed by atoms with Crippen LogP contribution in [0.5, 0.6) is 0 Å². The van der Waals surface area contributed by atoms with Crippen molar-refractivity contribution in [2.45, 2.75) is 26.7 Å². The number of carbonyl (C=O) groups is 1. The van der Waals surface area contributed by atoms with Gasteiger partial charge in [0.1, 0.15) is 17.3 Å². The molecule has 0 bridgehead atoms. The third kappa shape index (κ3) is 3.67. The Labute approximate surface area is 159 Å². The Bertz CT molecular complexity index is 982. The molecule has 1 aliphatic heterocycles. The van der Waals surface area contributed by atoms with Gasteiger partial charge in [-0.25, -0.2) is 9.97 Å². The Morgan fingerprint density at radius 3 is 2.63 bits per heavy atom. The van der Waals surface area contributed by atoms with Gasteiger partial charge in [0.15, 0.2) is 0 Å². The number of fused-ring (bicyclic) bond motifs is 1. The van der Waals surface area contributed by atoms with Gasteiger partial charge in [-0.05, 0) is 50.5 Å². The lowest BCUT2D eigenvalue weighted by molar-refractivity contribution is 0.0980. The van der Waals surface area contributed by atoms with Crippen molar-refractivity contribution in [3.8, 4) is 0 Å². The quantitative estimate of drug-likeness (QED) is 0.752. The Hall–Kier alpha value is -3.21. The first kappa shape index (κ1) is 17.2. The lowest BCUT2D eigenvalue weighted by atomic mass is 10.0. The van der Waals surface area contributed by atoms with E-state index in [0.717, 1.165) is 24.2 Å². The average Bonchev–Trinajstić information content (AvgIpc) is 2.68. The first-order valence-electron chi connectivity index (χ1n) is 9.19. The second-order valence-corrected chi connectivity index (χ2v) is 6.87. The van der Waals surface area contributed by atoms with Crippen LogP contribution in [0.4, 0.5) is 17.2 Å². The van der Waals surface area contributed by atoms with E-state index in [2.05, 4.69) is 21.4 Å². The van der Waals surface area contributed by atoms with E-state index in [9.17, 15) is 4.79 Å². The summed E-state index contributed by atoms with van der Waals surface area (Å²) in [6.45, 7) is 4.56. The molecule has 0 spiro atoms. The number of carbonyl (C=O) groups excluding carboxylic acids is 1. The molecular weight excluding hydrogens is 336 g/mol. The van der Waals surface area contributed by atoms with Gasteiger partial charge in [-0.3, -0.25) is 4.79 Å². The highest BCUT2D eigenvalue weighted by atomic mass is 16.2. The zero-order valence-corrected chi connectivity index (χ0v) is 15.6. The summed E-state index contributed by atoms with van der Waals surface area (Å²) in [5.41, 5.74) is 4.73. The van der Waals surface area contributed by atoms with Crippen LogP contribution in [0.25, 0.3) is 0 Å². The number of para-hydroxylation sites is 1. The molecule has 27 heavy (non-hydrogen) atoms. The van der Waals surface area contributed by atoms with E-state index >= 15 is 0 Å². The van der Waals surface area contributed by atoms with Gasteiger partial charge in [0.2, 0.25) is 0 Å². The molecule has 1 aromatic heterocycles. The third-order valence-electron chi connectivity index (χ3n) is 4.74. The molecule has 4 rings (SSSR count). The molecule has 0 radical (unpaired) electrons. The topological polar surface area (TPSA) is 58.1 Å². The van der Waals surface area contributed by atoms with Crippen molar-refractivity contribution in [2.75, 3.05) is 16.8 Å². The van der Waals surface area contributed by atoms with Crippen LogP contribution in [0.2, 0.25) is 0 Å². The Balaban J connectivity index is 1.63. The van der Waals surface area contributed by atoms with E-state index in [1.807, 2.05) is 54.3 Å². The molecule has 0 saturated carbocycles. The molecule has 136 valence electrons. The third-order valence-corrected chi connectivity index (χ3v) is 4.74. The van der Waals surface area contributed by atoms with Gasteiger partial charge in [0, 0.05) is 24.0 Å². The fourth-order valence-electron chi connectivity index (χ4n) is 3.41. The molecule has 2 aromatic carbocycles. The fraction of sp³-hybridized carbons (Fsp3) is 0.227. The summed E-state index contributed by atoms with van der Waals surface area (Å²) in [5.74, 6) is 1.11. The minimum absolute atomic E-state index is 0.0837. The lowest BCUT2D eigenvalue weighted by Gasteiger charge is -2.29. The van der Waals surface area contributed by atoms with Crippen molar-refractivity contribution in [2.24, 2.45) is 0 Å². The van der Waals surface area contributed by atoms with E-state index in [0.29, 0.717) is 23.9 Å². The molecule has 2 heterocycles. The Morgan fingerprint density at radius 1 is 1.04 bits per heavy atom. The SMILES string of the molecule is Cc1ccc(Nc2cc(C(=O)N3CCCc4ccccc43)nc(C)n2)cc1. The number of benzene rings is 2. The largest absolute Gasteiger partial charge is 0.340 e. The summed E-state index contributed by atoms with van der Waals surface area (Å²) >= 11 is 0. The van der Waals surface area contributed by atoms with Crippen molar-refractivity contribution in [1.29, 1.82) is 0 Å². The van der Waals surface area contributed by atoms with Crippen LogP contribution in [0, 0.1) is 13.8 Å². The molecule has 5 heteroatoms. The van der Waals surface area contributed by atoms with Crippen LogP contribution in [0.3, 0.4) is 0 Å². The predicted molar refractivity (Wildman–Crippen MR) is 108 cm³/mol. The van der Waals surface area contributed by atoms with Gasteiger partial charge in [-0.1, -0.05) is 35.9 Å². The smallest absolute Gasteiger partial charge is 0.277 e. The van der Waals surface area contributed by atoms with Crippen LogP contribution in [-0.4, -0.2) is 22.4 Å². The summed E-state index contributed by atoms with van der Waals surface area (Å²) in [4.78, 5) is 23.8. The zero-order valence-electron chi connectivity index (χ0n) is 15.6. The number of hydrogen-bond acceptors (Lipinski definition) is 4. The van der Waals surface area contributed by atoms with Crippen LogP contribution < -0.4 is 10.2 Å². The second kappa shape index (κ2) is 7.19. The maximum atomic E-state index is 13.2. The van der Waals surface area contributed by atoms with Crippen molar-refractivity contribution < 1.29 is 4.79 Å². The van der Waals surface area contributed by atoms with E-state index < -0.39 is 0 Å². The van der Waals surface area contributed by atoms with Gasteiger partial charge in [0.05, 0.1) is 0 Å². The summed E-state index contributed by atoms with van der Waals surface area (Å²) in [6.07, 6.45) is 1.96. The summed E-state index contributed by atoms with van der Waals surface area (Å²) < 4.78 is 0.